The van der Waals surface area contributed by atoms with Gasteiger partial charge < -0.3 is 4.98 Å². The van der Waals surface area contributed by atoms with Crippen molar-refractivity contribution in [1.29, 1.82) is 0 Å². The number of H-pyrrole nitrogens is 1. The molecule has 0 amide bonds. The lowest BCUT2D eigenvalue weighted by Crippen LogP contribution is -1.88. The first kappa shape index (κ1) is 7.66. The highest BCUT2D eigenvalue weighted by Gasteiger charge is 2.10. The van der Waals surface area contributed by atoms with Gasteiger partial charge in [-0.05, 0) is 0 Å². The van der Waals surface area contributed by atoms with E-state index < -0.39 is 10.7 Å². The minimum absolute atomic E-state index is 0.134. The van der Waals surface area contributed by atoms with E-state index in [1.165, 1.54) is 0 Å². The Morgan fingerprint density at radius 1 is 1.62 bits per heavy atom. The fraction of sp³-hybridized carbons (Fsp3) is 0. The molecule has 0 aliphatic rings. The number of hydrogen-bond donors (Lipinski definition) is 1. The largest absolute Gasteiger partial charge is 0.343 e. The van der Waals surface area contributed by atoms with Crippen molar-refractivity contribution in [3.05, 3.63) is 34.4 Å². The normalized spacial score (nSPS) is 10.5. The summed E-state index contributed by atoms with van der Waals surface area (Å²) in [7, 11) is 0. The number of nitrogens with zero attached hydrogens (tertiary/aromatic N) is 2. The van der Waals surface area contributed by atoms with Crippen LogP contribution in [0, 0.1) is 15.9 Å². The zero-order chi connectivity index (χ0) is 9.42. The van der Waals surface area contributed by atoms with Crippen molar-refractivity contribution in [2.45, 2.75) is 0 Å². The third-order valence-electron chi connectivity index (χ3n) is 1.68. The Bertz CT molecular complexity index is 480. The number of aromatic nitrogens is 2. The second-order valence-electron chi connectivity index (χ2n) is 2.48. The highest BCUT2D eigenvalue weighted by molar-refractivity contribution is 5.78. The summed E-state index contributed by atoms with van der Waals surface area (Å²) in [5.74, 6) is -0.536. The molecule has 0 aliphatic carbocycles. The van der Waals surface area contributed by atoms with E-state index in [1.807, 2.05) is 0 Å². The second-order valence-corrected chi connectivity index (χ2v) is 2.48. The molecule has 0 bridgehead atoms. The van der Waals surface area contributed by atoms with Crippen molar-refractivity contribution in [2.24, 2.45) is 0 Å². The van der Waals surface area contributed by atoms with Crippen molar-refractivity contribution in [3.8, 4) is 0 Å². The minimum Gasteiger partial charge on any atom is -0.343 e. The van der Waals surface area contributed by atoms with E-state index in [1.54, 1.807) is 0 Å². The predicted octanol–water partition coefficient (Wildman–Crippen LogP) is 1.61. The average molecular weight is 181 g/mol. The third kappa shape index (κ3) is 1.12. The molecule has 0 unspecified atom stereocenters. The molecule has 1 N–H and O–H groups in total. The van der Waals surface area contributed by atoms with Gasteiger partial charge in [0, 0.05) is 12.3 Å². The highest BCUT2D eigenvalue weighted by atomic mass is 19.1. The van der Waals surface area contributed by atoms with E-state index in [0.29, 0.717) is 5.65 Å². The average Bonchev–Trinajstić information content (AvgIpc) is 2.47. The van der Waals surface area contributed by atoms with E-state index in [4.69, 9.17) is 0 Å². The Kier molecular flexibility index (Phi) is 1.48. The molecule has 2 aromatic heterocycles. The predicted molar refractivity (Wildman–Crippen MR) is 42.7 cm³/mol. The van der Waals surface area contributed by atoms with Crippen molar-refractivity contribution in [3.63, 3.8) is 0 Å². The van der Waals surface area contributed by atoms with E-state index in [2.05, 4.69) is 9.97 Å². The van der Waals surface area contributed by atoms with Crippen molar-refractivity contribution in [2.75, 3.05) is 0 Å². The summed E-state index contributed by atoms with van der Waals surface area (Å²) < 4.78 is 12.9. The lowest BCUT2D eigenvalue weighted by molar-refractivity contribution is -0.385. The molecule has 6 heteroatoms. The Morgan fingerprint density at radius 2 is 2.38 bits per heavy atom. The second kappa shape index (κ2) is 2.51. The Hall–Kier alpha value is -1.98. The topological polar surface area (TPSA) is 71.8 Å². The van der Waals surface area contributed by atoms with Crippen LogP contribution in [0.25, 0.3) is 11.0 Å². The van der Waals surface area contributed by atoms with Gasteiger partial charge in [0.15, 0.2) is 0 Å². The van der Waals surface area contributed by atoms with Crippen LogP contribution in [0.15, 0.2) is 18.5 Å². The molecule has 2 aromatic rings. The number of nitro groups is 1. The van der Waals surface area contributed by atoms with Gasteiger partial charge in [-0.2, -0.15) is 0 Å². The maximum Gasteiger partial charge on any atom is 0.288 e. The van der Waals surface area contributed by atoms with Crippen LogP contribution < -0.4 is 0 Å². The van der Waals surface area contributed by atoms with Crippen LogP contribution in [0.4, 0.5) is 10.1 Å². The first-order chi connectivity index (χ1) is 6.18. The lowest BCUT2D eigenvalue weighted by Gasteiger charge is -1.90. The summed E-state index contributed by atoms with van der Waals surface area (Å²) in [6, 6.07) is 1.15. The molecule has 13 heavy (non-hydrogen) atoms. The first-order valence-corrected chi connectivity index (χ1v) is 3.45. The third-order valence-corrected chi connectivity index (χ3v) is 1.68. The van der Waals surface area contributed by atoms with Gasteiger partial charge in [-0.25, -0.2) is 9.37 Å². The first-order valence-electron chi connectivity index (χ1n) is 3.45. The van der Waals surface area contributed by atoms with Crippen LogP contribution in [-0.4, -0.2) is 14.9 Å². The van der Waals surface area contributed by atoms with E-state index in [0.717, 1.165) is 18.5 Å². The smallest absolute Gasteiger partial charge is 0.288 e. The molecular formula is C7H4FN3O2. The minimum atomic E-state index is -0.612. The van der Waals surface area contributed by atoms with Crippen molar-refractivity contribution in [1.82, 2.24) is 9.97 Å². The van der Waals surface area contributed by atoms with Crippen molar-refractivity contribution >= 4 is 16.7 Å². The Morgan fingerprint density at radius 3 is 3.08 bits per heavy atom. The maximum atomic E-state index is 12.9. The number of rotatable bonds is 1. The van der Waals surface area contributed by atoms with Crippen LogP contribution in [0.1, 0.15) is 0 Å². The van der Waals surface area contributed by atoms with Crippen molar-refractivity contribution < 1.29 is 9.31 Å². The van der Waals surface area contributed by atoms with E-state index >= 15 is 0 Å². The summed E-state index contributed by atoms with van der Waals surface area (Å²) in [5, 5.41) is 10.4. The van der Waals surface area contributed by atoms with Crippen LogP contribution in [0.5, 0.6) is 0 Å². The van der Waals surface area contributed by atoms with E-state index in [-0.39, 0.29) is 11.1 Å². The van der Waals surface area contributed by atoms with Gasteiger partial charge in [-0.15, -0.1) is 0 Å². The number of fused-ring (bicyclic) bond motifs is 1. The molecule has 66 valence electrons. The fourth-order valence-electron chi connectivity index (χ4n) is 1.06. The summed E-state index contributed by atoms with van der Waals surface area (Å²) in [5.41, 5.74) is 0.0918. The highest BCUT2D eigenvalue weighted by Crippen LogP contribution is 2.19. The van der Waals surface area contributed by atoms with Gasteiger partial charge in [-0.1, -0.05) is 0 Å². The Balaban J connectivity index is 2.72. The van der Waals surface area contributed by atoms with Gasteiger partial charge >= 0.3 is 0 Å². The summed E-state index contributed by atoms with van der Waals surface area (Å²) in [4.78, 5) is 15.9. The molecule has 5 nitrogen and oxygen atoms in total. The van der Waals surface area contributed by atoms with Gasteiger partial charge in [0.1, 0.15) is 17.7 Å². The molecule has 0 aliphatic heterocycles. The number of nitrogens with one attached hydrogen (secondary N) is 1. The molecule has 2 rings (SSSR count). The molecule has 0 saturated heterocycles. The summed E-state index contributed by atoms with van der Waals surface area (Å²) in [6.45, 7) is 0. The summed E-state index contributed by atoms with van der Waals surface area (Å²) in [6.07, 6.45) is 2.19. The molecule has 0 spiro atoms. The molecule has 0 fully saturated rings. The number of halogens is 1. The molecule has 2 heterocycles. The fourth-order valence-corrected chi connectivity index (χ4v) is 1.06. The standard InChI is InChI=1S/C7H4FN3O2/c8-6-3-10-7-5(6)1-4(2-9-7)11(12)13/h1-3H,(H,9,10). The molecule has 0 aromatic carbocycles. The Labute approximate surface area is 71.4 Å². The number of aromatic amines is 1. The molecule has 0 saturated carbocycles. The zero-order valence-electron chi connectivity index (χ0n) is 6.32. The van der Waals surface area contributed by atoms with Gasteiger partial charge in [0.05, 0.1) is 10.3 Å². The SMILES string of the molecule is O=[N+]([O-])c1cnc2[nH]cc(F)c2c1. The molecule has 0 radical (unpaired) electrons. The van der Waals surface area contributed by atoms with Crippen LogP contribution in [0.2, 0.25) is 0 Å². The number of pyridine rings is 1. The lowest BCUT2D eigenvalue weighted by atomic mass is 10.3. The maximum absolute atomic E-state index is 12.9. The van der Waals surface area contributed by atoms with Gasteiger partial charge in [-0.3, -0.25) is 10.1 Å². The monoisotopic (exact) mass is 181 g/mol. The van der Waals surface area contributed by atoms with E-state index in [9.17, 15) is 14.5 Å². The number of hydrogen-bond acceptors (Lipinski definition) is 3. The quantitative estimate of drug-likeness (QED) is 0.536. The zero-order valence-corrected chi connectivity index (χ0v) is 6.32. The molecule has 0 atom stereocenters. The van der Waals surface area contributed by atoms with Gasteiger partial charge in [0.25, 0.3) is 5.69 Å². The summed E-state index contributed by atoms with van der Waals surface area (Å²) >= 11 is 0. The van der Waals surface area contributed by atoms with Crippen LogP contribution >= 0.6 is 0 Å². The van der Waals surface area contributed by atoms with Crippen LogP contribution in [0.3, 0.4) is 0 Å². The van der Waals surface area contributed by atoms with Crippen LogP contribution in [-0.2, 0) is 0 Å². The molecular weight excluding hydrogens is 177 g/mol. The van der Waals surface area contributed by atoms with Gasteiger partial charge in [0.2, 0.25) is 0 Å².